The smallest absolute Gasteiger partial charge is 0.255 e. The summed E-state index contributed by atoms with van der Waals surface area (Å²) in [6, 6.07) is 5.72. The molecule has 0 bridgehead atoms. The topological polar surface area (TPSA) is 108 Å². The van der Waals surface area contributed by atoms with E-state index in [1.54, 1.807) is 11.0 Å². The minimum absolute atomic E-state index is 0.170. The number of carbonyl (C=O) groups is 4. The number of fused-ring (bicyclic) bond motifs is 1. The third-order valence-corrected chi connectivity index (χ3v) is 6.47. The van der Waals surface area contributed by atoms with Gasteiger partial charge in [0.1, 0.15) is 6.04 Å². The number of amides is 4. The maximum absolute atomic E-state index is 12.7. The Morgan fingerprint density at radius 1 is 1.09 bits per heavy atom. The lowest BCUT2D eigenvalue weighted by molar-refractivity contribution is -0.136. The van der Waals surface area contributed by atoms with Gasteiger partial charge in [0.05, 0.1) is 0 Å². The molecule has 168 valence electrons. The minimum atomic E-state index is -0.600. The number of carbonyl (C=O) groups excluding carboxylic acids is 4. The molecule has 0 radical (unpaired) electrons. The van der Waals surface area contributed by atoms with E-state index in [4.69, 9.17) is 0 Å². The van der Waals surface area contributed by atoms with Crippen LogP contribution in [0.3, 0.4) is 0 Å². The summed E-state index contributed by atoms with van der Waals surface area (Å²) >= 11 is 0. The van der Waals surface area contributed by atoms with E-state index in [1.165, 1.54) is 0 Å². The van der Waals surface area contributed by atoms with Crippen molar-refractivity contribution in [2.45, 2.75) is 69.6 Å². The van der Waals surface area contributed by atoms with Crippen molar-refractivity contribution in [1.29, 1.82) is 0 Å². The molecule has 1 unspecified atom stereocenters. The Bertz CT molecular complexity index is 972. The number of nitrogens with zero attached hydrogens (tertiary/aromatic N) is 1. The second kappa shape index (κ2) is 9.96. The predicted molar refractivity (Wildman–Crippen MR) is 117 cm³/mol. The number of hydrogen-bond acceptors (Lipinski definition) is 5. The highest BCUT2D eigenvalue weighted by Crippen LogP contribution is 2.28. The van der Waals surface area contributed by atoms with Crippen molar-refractivity contribution in [1.82, 2.24) is 20.9 Å². The lowest BCUT2D eigenvalue weighted by Crippen LogP contribution is -2.52. The van der Waals surface area contributed by atoms with Gasteiger partial charge in [-0.25, -0.2) is 0 Å². The summed E-state index contributed by atoms with van der Waals surface area (Å²) in [4.78, 5) is 48.3. The Labute approximate surface area is 187 Å². The van der Waals surface area contributed by atoms with Gasteiger partial charge >= 0.3 is 0 Å². The molecule has 1 aromatic carbocycles. The van der Waals surface area contributed by atoms with Crippen molar-refractivity contribution in [3.05, 3.63) is 34.9 Å². The largest absolute Gasteiger partial charge is 0.356 e. The molecule has 2 heterocycles. The standard InChI is InChI=1S/C24H28N4O4/c29-15-26-19-7-5-18(6-8-19)25-12-2-1-3-16-4-9-20-17(13-16)14-28(24(20)32)21-10-11-22(30)27-23(21)31/h4,9,13,15,18-19,21,25H,2,5-8,10-12,14H2,(H,26,29)(H,27,30,31). The van der Waals surface area contributed by atoms with Gasteiger partial charge in [-0.15, -0.1) is 0 Å². The highest BCUT2D eigenvalue weighted by Gasteiger charge is 2.39. The van der Waals surface area contributed by atoms with E-state index < -0.39 is 11.9 Å². The number of rotatable bonds is 6. The lowest BCUT2D eigenvalue weighted by Gasteiger charge is -2.29. The zero-order valence-electron chi connectivity index (χ0n) is 18.0. The predicted octanol–water partition coefficient (Wildman–Crippen LogP) is 0.836. The quantitative estimate of drug-likeness (QED) is 0.265. The molecule has 4 rings (SSSR count). The second-order valence-corrected chi connectivity index (χ2v) is 8.61. The Kier molecular flexibility index (Phi) is 6.86. The zero-order valence-corrected chi connectivity index (χ0v) is 18.0. The van der Waals surface area contributed by atoms with Gasteiger partial charge in [-0.05, 0) is 55.9 Å². The molecule has 1 aliphatic carbocycles. The summed E-state index contributed by atoms with van der Waals surface area (Å²) < 4.78 is 0. The van der Waals surface area contributed by atoms with Gasteiger partial charge in [0.25, 0.3) is 5.91 Å². The maximum atomic E-state index is 12.7. The Morgan fingerprint density at radius 2 is 1.88 bits per heavy atom. The fourth-order valence-corrected chi connectivity index (χ4v) is 4.72. The van der Waals surface area contributed by atoms with Gasteiger partial charge in [0.2, 0.25) is 18.2 Å². The van der Waals surface area contributed by atoms with Crippen LogP contribution in [0.4, 0.5) is 0 Å². The third kappa shape index (κ3) is 5.00. The number of hydrogen-bond donors (Lipinski definition) is 3. The normalized spacial score (nSPS) is 24.9. The first-order valence-corrected chi connectivity index (χ1v) is 11.2. The van der Waals surface area contributed by atoms with E-state index in [2.05, 4.69) is 27.8 Å². The first-order valence-electron chi connectivity index (χ1n) is 11.2. The van der Waals surface area contributed by atoms with Crippen molar-refractivity contribution in [2.24, 2.45) is 0 Å². The zero-order chi connectivity index (χ0) is 22.5. The molecular formula is C24H28N4O4. The summed E-state index contributed by atoms with van der Waals surface area (Å²) in [6.45, 7) is 1.18. The van der Waals surface area contributed by atoms with Crippen LogP contribution in [0.25, 0.3) is 0 Å². The molecule has 2 fully saturated rings. The first kappa shape index (κ1) is 22.0. The fourth-order valence-electron chi connectivity index (χ4n) is 4.72. The average molecular weight is 437 g/mol. The Balaban J connectivity index is 1.27. The van der Waals surface area contributed by atoms with Crippen molar-refractivity contribution in [2.75, 3.05) is 6.54 Å². The second-order valence-electron chi connectivity index (χ2n) is 8.61. The van der Waals surface area contributed by atoms with Crippen LogP contribution in [-0.2, 0) is 20.9 Å². The molecule has 0 aromatic heterocycles. The van der Waals surface area contributed by atoms with Crippen LogP contribution in [0.15, 0.2) is 18.2 Å². The van der Waals surface area contributed by atoms with Crippen LogP contribution < -0.4 is 16.0 Å². The van der Waals surface area contributed by atoms with E-state index in [1.807, 2.05) is 12.1 Å². The van der Waals surface area contributed by atoms with Crippen LogP contribution in [-0.4, -0.2) is 53.7 Å². The molecular weight excluding hydrogens is 408 g/mol. The molecule has 32 heavy (non-hydrogen) atoms. The molecule has 4 amide bonds. The van der Waals surface area contributed by atoms with Crippen LogP contribution in [0, 0.1) is 11.8 Å². The fraction of sp³-hybridized carbons (Fsp3) is 0.500. The Hall–Kier alpha value is -3.18. The molecule has 1 saturated carbocycles. The maximum Gasteiger partial charge on any atom is 0.255 e. The third-order valence-electron chi connectivity index (χ3n) is 6.47. The molecule has 1 atom stereocenters. The van der Waals surface area contributed by atoms with Gasteiger partial charge in [-0.2, -0.15) is 0 Å². The van der Waals surface area contributed by atoms with E-state index in [0.29, 0.717) is 30.6 Å². The van der Waals surface area contributed by atoms with E-state index in [0.717, 1.165) is 56.2 Å². The Morgan fingerprint density at radius 3 is 2.62 bits per heavy atom. The van der Waals surface area contributed by atoms with E-state index in [-0.39, 0.29) is 18.2 Å². The van der Waals surface area contributed by atoms with Crippen molar-refractivity contribution < 1.29 is 19.2 Å². The van der Waals surface area contributed by atoms with Crippen LogP contribution in [0.5, 0.6) is 0 Å². The molecule has 2 aliphatic heterocycles. The van der Waals surface area contributed by atoms with E-state index in [9.17, 15) is 19.2 Å². The summed E-state index contributed by atoms with van der Waals surface area (Å²) in [6.07, 6.45) is 6.25. The van der Waals surface area contributed by atoms with Crippen LogP contribution in [0.2, 0.25) is 0 Å². The monoisotopic (exact) mass is 436 g/mol. The summed E-state index contributed by atoms with van der Waals surface area (Å²) in [5.41, 5.74) is 2.31. The van der Waals surface area contributed by atoms with Crippen molar-refractivity contribution in [3.8, 4) is 11.8 Å². The highest BCUT2D eigenvalue weighted by molar-refractivity contribution is 6.05. The van der Waals surface area contributed by atoms with Crippen molar-refractivity contribution >= 4 is 24.1 Å². The summed E-state index contributed by atoms with van der Waals surface area (Å²) in [5, 5.41) is 8.71. The molecule has 8 heteroatoms. The van der Waals surface area contributed by atoms with Gasteiger partial charge < -0.3 is 15.5 Å². The average Bonchev–Trinajstić information content (AvgIpc) is 3.10. The number of benzene rings is 1. The van der Waals surface area contributed by atoms with E-state index >= 15 is 0 Å². The van der Waals surface area contributed by atoms with Crippen molar-refractivity contribution in [3.63, 3.8) is 0 Å². The molecule has 0 spiro atoms. The number of piperidine rings is 1. The van der Waals surface area contributed by atoms with Gasteiger partial charge in [-0.3, -0.25) is 24.5 Å². The SMILES string of the molecule is O=CNC1CCC(NCCC#Cc2ccc3c(c2)CN(C2CCC(=O)NC2=O)C3=O)CC1. The minimum Gasteiger partial charge on any atom is -0.356 e. The number of nitrogens with one attached hydrogen (secondary N) is 3. The number of imide groups is 1. The molecule has 8 nitrogen and oxygen atoms in total. The van der Waals surface area contributed by atoms with Gasteiger partial charge in [-0.1, -0.05) is 11.8 Å². The lowest BCUT2D eigenvalue weighted by atomic mass is 9.91. The first-order chi connectivity index (χ1) is 15.5. The van der Waals surface area contributed by atoms with Crippen LogP contribution in [0.1, 0.15) is 66.4 Å². The molecule has 1 saturated heterocycles. The molecule has 3 N–H and O–H groups in total. The molecule has 3 aliphatic rings. The highest BCUT2D eigenvalue weighted by atomic mass is 16.2. The molecule has 1 aromatic rings. The van der Waals surface area contributed by atoms with Gasteiger partial charge in [0.15, 0.2) is 0 Å². The summed E-state index contributed by atoms with van der Waals surface area (Å²) in [5.74, 6) is 5.50. The van der Waals surface area contributed by atoms with Gasteiger partial charge in [0, 0.05) is 49.1 Å². The summed E-state index contributed by atoms with van der Waals surface area (Å²) in [7, 11) is 0. The van der Waals surface area contributed by atoms with Crippen LogP contribution >= 0.6 is 0 Å².